The highest BCUT2D eigenvalue weighted by Crippen LogP contribution is 2.27. The number of benzene rings is 1. The first kappa shape index (κ1) is 17.0. The first-order chi connectivity index (χ1) is 9.31. The molecule has 1 aromatic rings. The van der Waals surface area contributed by atoms with Crippen LogP contribution in [0.5, 0.6) is 5.75 Å². The van der Waals surface area contributed by atoms with Crippen LogP contribution >= 0.6 is 27.5 Å². The minimum Gasteiger partial charge on any atom is -0.482 e. The van der Waals surface area contributed by atoms with Gasteiger partial charge in [0.15, 0.2) is 12.4 Å². The summed E-state index contributed by atoms with van der Waals surface area (Å²) in [7, 11) is 0. The maximum absolute atomic E-state index is 11.8. The maximum Gasteiger partial charge on any atom is 0.258 e. The molecule has 1 atom stereocenters. The van der Waals surface area contributed by atoms with Gasteiger partial charge in [0, 0.05) is 4.47 Å². The third-order valence-electron chi connectivity index (χ3n) is 2.67. The van der Waals surface area contributed by atoms with E-state index in [-0.39, 0.29) is 24.2 Å². The molecule has 0 radical (unpaired) electrons. The van der Waals surface area contributed by atoms with Crippen LogP contribution in [0.2, 0.25) is 5.02 Å². The van der Waals surface area contributed by atoms with E-state index in [1.807, 2.05) is 13.8 Å². The van der Waals surface area contributed by atoms with Gasteiger partial charge in [0.05, 0.1) is 11.1 Å². The van der Waals surface area contributed by atoms with Crippen LogP contribution in [0.25, 0.3) is 0 Å². The third kappa shape index (κ3) is 5.13. The molecule has 0 fully saturated rings. The molecule has 0 saturated heterocycles. The van der Waals surface area contributed by atoms with Gasteiger partial charge in [0.2, 0.25) is 0 Å². The molecule has 0 bridgehead atoms. The van der Waals surface area contributed by atoms with Gasteiger partial charge in [0.25, 0.3) is 5.91 Å². The number of ketones is 1. The molecule has 1 N–H and O–H groups in total. The zero-order chi connectivity index (χ0) is 15.3. The molecule has 1 unspecified atom stereocenters. The van der Waals surface area contributed by atoms with Gasteiger partial charge in [-0.2, -0.15) is 0 Å². The Labute approximate surface area is 132 Å². The minimum absolute atomic E-state index is 0.0349. The normalized spacial score (nSPS) is 12.1. The van der Waals surface area contributed by atoms with E-state index in [1.54, 1.807) is 18.2 Å². The highest BCUT2D eigenvalue weighted by atomic mass is 79.9. The molecule has 0 aliphatic heterocycles. The van der Waals surface area contributed by atoms with Gasteiger partial charge >= 0.3 is 0 Å². The quantitative estimate of drug-likeness (QED) is 0.845. The van der Waals surface area contributed by atoms with E-state index in [2.05, 4.69) is 21.2 Å². The molecule has 0 aromatic heterocycles. The molecule has 110 valence electrons. The van der Waals surface area contributed by atoms with Crippen molar-refractivity contribution < 1.29 is 14.3 Å². The van der Waals surface area contributed by atoms with Gasteiger partial charge in [-0.1, -0.05) is 41.4 Å². The first-order valence-electron chi connectivity index (χ1n) is 6.19. The summed E-state index contributed by atoms with van der Waals surface area (Å²) in [6, 6.07) is 4.63. The molecule has 0 heterocycles. The predicted octanol–water partition coefficient (Wildman–Crippen LogP) is 3.21. The Kier molecular flexibility index (Phi) is 6.49. The summed E-state index contributed by atoms with van der Waals surface area (Å²) in [6.07, 6.45) is 0. The largest absolute Gasteiger partial charge is 0.482 e. The fourth-order valence-electron chi connectivity index (χ4n) is 1.69. The molecule has 1 rings (SSSR count). The van der Waals surface area contributed by atoms with E-state index in [0.29, 0.717) is 10.8 Å². The molecule has 0 spiro atoms. The van der Waals surface area contributed by atoms with E-state index < -0.39 is 6.04 Å². The summed E-state index contributed by atoms with van der Waals surface area (Å²) < 4.78 is 6.17. The summed E-state index contributed by atoms with van der Waals surface area (Å²) >= 11 is 9.26. The number of Topliss-reactive ketones (excluding diaryl/α,β-unsaturated/α-hetero) is 1. The second-order valence-electron chi connectivity index (χ2n) is 4.76. The molecule has 1 amide bonds. The Morgan fingerprint density at radius 1 is 1.40 bits per heavy atom. The van der Waals surface area contributed by atoms with Crippen molar-refractivity contribution in [3.05, 3.63) is 27.7 Å². The zero-order valence-electron chi connectivity index (χ0n) is 11.6. The molecule has 1 aromatic carbocycles. The molecule has 6 heteroatoms. The highest BCUT2D eigenvalue weighted by Gasteiger charge is 2.20. The van der Waals surface area contributed by atoms with E-state index in [1.165, 1.54) is 6.92 Å². The summed E-state index contributed by atoms with van der Waals surface area (Å²) in [5.74, 6) is 0.0366. The smallest absolute Gasteiger partial charge is 0.258 e. The van der Waals surface area contributed by atoms with Gasteiger partial charge in [-0.15, -0.1) is 0 Å². The SMILES string of the molecule is CC(=O)C(NC(=O)COc1ccc(Br)cc1Cl)C(C)C. The standard InChI is InChI=1S/C14H17BrClNO3/c1-8(2)14(9(3)18)17-13(19)7-20-12-5-4-10(15)6-11(12)16/h4-6,8,14H,7H2,1-3H3,(H,17,19). The highest BCUT2D eigenvalue weighted by molar-refractivity contribution is 9.10. The average molecular weight is 363 g/mol. The summed E-state index contributed by atoms with van der Waals surface area (Å²) in [4.78, 5) is 23.2. The lowest BCUT2D eigenvalue weighted by molar-refractivity contribution is -0.129. The predicted molar refractivity (Wildman–Crippen MR) is 82.1 cm³/mol. The van der Waals surface area contributed by atoms with E-state index in [4.69, 9.17) is 16.3 Å². The molecule has 20 heavy (non-hydrogen) atoms. The Morgan fingerprint density at radius 2 is 2.05 bits per heavy atom. The lowest BCUT2D eigenvalue weighted by atomic mass is 10.0. The molecular weight excluding hydrogens is 346 g/mol. The number of ether oxygens (including phenoxy) is 1. The number of amides is 1. The first-order valence-corrected chi connectivity index (χ1v) is 7.36. The lowest BCUT2D eigenvalue weighted by Crippen LogP contribution is -2.45. The van der Waals surface area contributed by atoms with Crippen molar-refractivity contribution in [3.8, 4) is 5.75 Å². The van der Waals surface area contributed by atoms with Crippen LogP contribution in [0.3, 0.4) is 0 Å². The van der Waals surface area contributed by atoms with Gasteiger partial charge in [-0.3, -0.25) is 9.59 Å². The van der Waals surface area contributed by atoms with Crippen molar-refractivity contribution in [1.82, 2.24) is 5.32 Å². The van der Waals surface area contributed by atoms with Crippen LogP contribution in [0.15, 0.2) is 22.7 Å². The van der Waals surface area contributed by atoms with Crippen LogP contribution < -0.4 is 10.1 Å². The van der Waals surface area contributed by atoms with E-state index in [0.717, 1.165) is 4.47 Å². The second-order valence-corrected chi connectivity index (χ2v) is 6.09. The van der Waals surface area contributed by atoms with Gasteiger partial charge in [-0.05, 0) is 31.0 Å². The number of halogens is 2. The molecule has 4 nitrogen and oxygen atoms in total. The summed E-state index contributed by atoms with van der Waals surface area (Å²) in [5, 5.41) is 3.07. The van der Waals surface area contributed by atoms with Crippen LogP contribution in [0.1, 0.15) is 20.8 Å². The Bertz CT molecular complexity index is 505. The van der Waals surface area contributed by atoms with Gasteiger partial charge in [0.1, 0.15) is 5.75 Å². The van der Waals surface area contributed by atoms with E-state index in [9.17, 15) is 9.59 Å². The van der Waals surface area contributed by atoms with Crippen LogP contribution in [-0.2, 0) is 9.59 Å². The molecule has 0 saturated carbocycles. The third-order valence-corrected chi connectivity index (χ3v) is 3.46. The number of carbonyl (C=O) groups is 2. The van der Waals surface area contributed by atoms with Crippen LogP contribution in [0, 0.1) is 5.92 Å². The van der Waals surface area contributed by atoms with Crippen molar-refractivity contribution in [3.63, 3.8) is 0 Å². The van der Waals surface area contributed by atoms with Crippen molar-refractivity contribution in [2.24, 2.45) is 5.92 Å². The topological polar surface area (TPSA) is 55.4 Å². The fraction of sp³-hybridized carbons (Fsp3) is 0.429. The van der Waals surface area contributed by atoms with Gasteiger partial charge in [-0.25, -0.2) is 0 Å². The monoisotopic (exact) mass is 361 g/mol. The van der Waals surface area contributed by atoms with Crippen molar-refractivity contribution in [2.45, 2.75) is 26.8 Å². The number of hydrogen-bond acceptors (Lipinski definition) is 3. The van der Waals surface area contributed by atoms with Crippen molar-refractivity contribution >= 4 is 39.2 Å². The Balaban J connectivity index is 2.57. The Hall–Kier alpha value is -1.07. The summed E-state index contributed by atoms with van der Waals surface area (Å²) in [6.45, 7) is 5.02. The zero-order valence-corrected chi connectivity index (χ0v) is 13.9. The average Bonchev–Trinajstić information content (AvgIpc) is 2.34. The number of hydrogen-bond donors (Lipinski definition) is 1. The van der Waals surface area contributed by atoms with Crippen LogP contribution in [-0.4, -0.2) is 24.3 Å². The fourth-order valence-corrected chi connectivity index (χ4v) is 2.42. The van der Waals surface area contributed by atoms with Crippen molar-refractivity contribution in [1.29, 1.82) is 0 Å². The minimum atomic E-state index is -0.494. The number of nitrogens with one attached hydrogen (secondary N) is 1. The summed E-state index contributed by atoms with van der Waals surface area (Å²) in [5.41, 5.74) is 0. The van der Waals surface area contributed by atoms with E-state index >= 15 is 0 Å². The van der Waals surface area contributed by atoms with Gasteiger partial charge < -0.3 is 10.1 Å². The second kappa shape index (κ2) is 7.64. The molecular formula is C14H17BrClNO3. The van der Waals surface area contributed by atoms with Crippen LogP contribution in [0.4, 0.5) is 0 Å². The maximum atomic E-state index is 11.8. The lowest BCUT2D eigenvalue weighted by Gasteiger charge is -2.19. The number of rotatable bonds is 6. The molecule has 0 aliphatic carbocycles. The Morgan fingerprint density at radius 3 is 2.55 bits per heavy atom. The number of carbonyl (C=O) groups excluding carboxylic acids is 2. The molecule has 0 aliphatic rings. The van der Waals surface area contributed by atoms with Crippen molar-refractivity contribution in [2.75, 3.05) is 6.61 Å².